The molecule has 0 bridgehead atoms. The second-order valence-corrected chi connectivity index (χ2v) is 7.23. The number of aromatic nitrogens is 3. The van der Waals surface area contributed by atoms with Gasteiger partial charge in [0.15, 0.2) is 0 Å². The average molecular weight is 395 g/mol. The van der Waals surface area contributed by atoms with Crippen LogP contribution in [0.2, 0.25) is 0 Å². The van der Waals surface area contributed by atoms with Crippen LogP contribution in [0.1, 0.15) is 52.4 Å². The van der Waals surface area contributed by atoms with Crippen molar-refractivity contribution < 1.29 is 14.3 Å². The molecule has 0 aliphatic heterocycles. The van der Waals surface area contributed by atoms with E-state index in [1.807, 2.05) is 0 Å². The predicted octanol–water partition coefficient (Wildman–Crippen LogP) is 1.46. The predicted molar refractivity (Wildman–Crippen MR) is 106 cm³/mol. The van der Waals surface area contributed by atoms with Gasteiger partial charge in [-0.3, -0.25) is 9.48 Å². The Morgan fingerprint density at radius 1 is 1.18 bits per heavy atom. The van der Waals surface area contributed by atoms with Gasteiger partial charge in [-0.15, -0.1) is 0 Å². The maximum Gasteiger partial charge on any atom is 0.315 e. The molecule has 1 aliphatic carbocycles. The van der Waals surface area contributed by atoms with Gasteiger partial charge in [-0.25, -0.2) is 9.78 Å². The van der Waals surface area contributed by atoms with Gasteiger partial charge in [-0.05, 0) is 32.1 Å². The molecule has 1 aliphatic rings. The molecule has 1 fully saturated rings. The fourth-order valence-corrected chi connectivity index (χ4v) is 3.39. The van der Waals surface area contributed by atoms with Crippen molar-refractivity contribution in [3.8, 4) is 0 Å². The molecule has 9 nitrogen and oxygen atoms in total. The van der Waals surface area contributed by atoms with Gasteiger partial charge in [0.1, 0.15) is 12.7 Å². The molecule has 1 heterocycles. The fourth-order valence-electron chi connectivity index (χ4n) is 3.39. The fraction of sp³-hybridized carbons (Fsp3) is 0.789. The first-order chi connectivity index (χ1) is 13.6. The minimum atomic E-state index is -0.184. The van der Waals surface area contributed by atoms with Crippen LogP contribution in [0.25, 0.3) is 0 Å². The Balaban J connectivity index is 1.83. The molecule has 1 saturated carbocycles. The molecule has 158 valence electrons. The summed E-state index contributed by atoms with van der Waals surface area (Å²) >= 11 is 0. The molecule has 3 amide bonds. The van der Waals surface area contributed by atoms with E-state index in [9.17, 15) is 9.59 Å². The van der Waals surface area contributed by atoms with E-state index in [-0.39, 0.29) is 30.0 Å². The molecule has 0 saturated heterocycles. The minimum Gasteiger partial charge on any atom is -0.376 e. The molecule has 1 aromatic heterocycles. The van der Waals surface area contributed by atoms with E-state index in [2.05, 4.69) is 39.9 Å². The lowest BCUT2D eigenvalue weighted by molar-refractivity contribution is -0.127. The first kappa shape index (κ1) is 22.1. The summed E-state index contributed by atoms with van der Waals surface area (Å²) in [4.78, 5) is 28.6. The van der Waals surface area contributed by atoms with E-state index >= 15 is 0 Å². The highest BCUT2D eigenvalue weighted by molar-refractivity contribution is 5.79. The number of hydrogen-bond donors (Lipinski definition) is 3. The summed E-state index contributed by atoms with van der Waals surface area (Å²) in [6.07, 6.45) is 8.08. The van der Waals surface area contributed by atoms with Gasteiger partial charge in [-0.2, -0.15) is 5.10 Å². The molecule has 1 aromatic rings. The minimum absolute atomic E-state index is 0.0206. The number of hydrogen-bond acceptors (Lipinski definition) is 5. The van der Waals surface area contributed by atoms with E-state index in [1.54, 1.807) is 11.0 Å². The maximum atomic E-state index is 12.6. The molecule has 0 spiro atoms. The normalized spacial score (nSPS) is 21.9. The summed E-state index contributed by atoms with van der Waals surface area (Å²) in [6, 6.07) is -0.344. The SMILES string of the molecule is CCCCNC(=O)N[C@@H]1C[C@@H](C(=O)NCCn2cncn2)CC[C@H]1OCCC. The summed E-state index contributed by atoms with van der Waals surface area (Å²) in [6.45, 7) is 6.55. The summed E-state index contributed by atoms with van der Waals surface area (Å²) in [5.41, 5.74) is 0. The number of ether oxygens (including phenoxy) is 1. The van der Waals surface area contributed by atoms with Crippen LogP contribution in [0.15, 0.2) is 12.7 Å². The van der Waals surface area contributed by atoms with Gasteiger partial charge in [-0.1, -0.05) is 20.3 Å². The van der Waals surface area contributed by atoms with E-state index in [4.69, 9.17) is 4.74 Å². The highest BCUT2D eigenvalue weighted by Crippen LogP contribution is 2.27. The third-order valence-corrected chi connectivity index (χ3v) is 4.93. The summed E-state index contributed by atoms with van der Waals surface area (Å²) in [7, 11) is 0. The van der Waals surface area contributed by atoms with Crippen molar-refractivity contribution >= 4 is 11.9 Å². The van der Waals surface area contributed by atoms with Gasteiger partial charge in [0.25, 0.3) is 0 Å². The van der Waals surface area contributed by atoms with Crippen LogP contribution >= 0.6 is 0 Å². The molecule has 2 rings (SSSR count). The molecule has 0 unspecified atom stereocenters. The van der Waals surface area contributed by atoms with Crippen LogP contribution in [0.4, 0.5) is 4.79 Å². The van der Waals surface area contributed by atoms with Gasteiger partial charge >= 0.3 is 6.03 Å². The largest absolute Gasteiger partial charge is 0.376 e. The molecular weight excluding hydrogens is 360 g/mol. The van der Waals surface area contributed by atoms with Crippen molar-refractivity contribution in [3.05, 3.63) is 12.7 Å². The van der Waals surface area contributed by atoms with Crippen molar-refractivity contribution in [2.75, 3.05) is 19.7 Å². The lowest BCUT2D eigenvalue weighted by atomic mass is 9.83. The molecule has 3 N–H and O–H groups in total. The third-order valence-electron chi connectivity index (χ3n) is 4.93. The molecule has 3 atom stereocenters. The third kappa shape index (κ3) is 7.46. The monoisotopic (exact) mass is 394 g/mol. The van der Waals surface area contributed by atoms with E-state index in [0.717, 1.165) is 32.1 Å². The second kappa shape index (κ2) is 12.3. The molecular formula is C19H34N6O3. The molecule has 0 aromatic carbocycles. The second-order valence-electron chi connectivity index (χ2n) is 7.23. The van der Waals surface area contributed by atoms with Crippen molar-refractivity contribution in [2.45, 2.75) is 71.1 Å². The summed E-state index contributed by atoms with van der Waals surface area (Å²) < 4.78 is 7.62. The Morgan fingerprint density at radius 2 is 2.04 bits per heavy atom. The number of nitrogens with zero attached hydrogens (tertiary/aromatic N) is 3. The Labute approximate surface area is 167 Å². The van der Waals surface area contributed by atoms with Crippen LogP contribution in [-0.4, -0.2) is 58.5 Å². The number of carbonyl (C=O) groups is 2. The maximum absolute atomic E-state index is 12.6. The molecule has 0 radical (unpaired) electrons. The van der Waals surface area contributed by atoms with Gasteiger partial charge in [0, 0.05) is 25.6 Å². The first-order valence-corrected chi connectivity index (χ1v) is 10.4. The smallest absolute Gasteiger partial charge is 0.315 e. The number of unbranched alkanes of at least 4 members (excludes halogenated alkanes) is 1. The number of amides is 3. The molecule has 28 heavy (non-hydrogen) atoms. The van der Waals surface area contributed by atoms with Crippen LogP contribution in [-0.2, 0) is 16.1 Å². The summed E-state index contributed by atoms with van der Waals surface area (Å²) in [5, 5.41) is 12.9. The highest BCUT2D eigenvalue weighted by atomic mass is 16.5. The Hall–Kier alpha value is -2.16. The van der Waals surface area contributed by atoms with E-state index in [1.165, 1.54) is 6.33 Å². The van der Waals surface area contributed by atoms with Crippen LogP contribution in [0, 0.1) is 5.92 Å². The quantitative estimate of drug-likeness (QED) is 0.492. The van der Waals surface area contributed by atoms with Crippen molar-refractivity contribution in [2.24, 2.45) is 5.92 Å². The van der Waals surface area contributed by atoms with E-state index < -0.39 is 0 Å². The highest BCUT2D eigenvalue weighted by Gasteiger charge is 2.35. The standard InChI is InChI=1S/C19H34N6O3/c1-3-5-8-22-19(27)24-16-12-15(6-7-17(16)28-11-4-2)18(26)21-9-10-25-14-20-13-23-25/h13-17H,3-12H2,1-2H3,(H,21,26)(H2,22,24,27)/t15-,16+,17+/m0/s1. The van der Waals surface area contributed by atoms with Crippen LogP contribution < -0.4 is 16.0 Å². The lowest BCUT2D eigenvalue weighted by Crippen LogP contribution is -2.53. The number of nitrogens with one attached hydrogen (secondary N) is 3. The topological polar surface area (TPSA) is 110 Å². The number of carbonyl (C=O) groups excluding carboxylic acids is 2. The van der Waals surface area contributed by atoms with Crippen LogP contribution in [0.5, 0.6) is 0 Å². The van der Waals surface area contributed by atoms with Crippen LogP contribution in [0.3, 0.4) is 0 Å². The van der Waals surface area contributed by atoms with E-state index in [0.29, 0.717) is 32.7 Å². The van der Waals surface area contributed by atoms with Gasteiger partial charge in [0.2, 0.25) is 5.91 Å². The Bertz CT molecular complexity index is 580. The number of urea groups is 1. The summed E-state index contributed by atoms with van der Waals surface area (Å²) in [5.74, 6) is -0.106. The zero-order valence-electron chi connectivity index (χ0n) is 17.0. The van der Waals surface area contributed by atoms with Gasteiger partial charge in [0.05, 0.1) is 18.7 Å². The average Bonchev–Trinajstić information content (AvgIpc) is 3.20. The van der Waals surface area contributed by atoms with Crippen molar-refractivity contribution in [1.29, 1.82) is 0 Å². The zero-order chi connectivity index (χ0) is 20.2. The Kier molecular flexibility index (Phi) is 9.74. The zero-order valence-corrected chi connectivity index (χ0v) is 17.0. The number of rotatable bonds is 11. The van der Waals surface area contributed by atoms with Gasteiger partial charge < -0.3 is 20.7 Å². The van der Waals surface area contributed by atoms with Crippen molar-refractivity contribution in [1.82, 2.24) is 30.7 Å². The molecule has 9 heteroatoms. The lowest BCUT2D eigenvalue weighted by Gasteiger charge is -2.36. The van der Waals surface area contributed by atoms with Crippen molar-refractivity contribution in [3.63, 3.8) is 0 Å². The Morgan fingerprint density at radius 3 is 2.75 bits per heavy atom. The first-order valence-electron chi connectivity index (χ1n) is 10.4.